The summed E-state index contributed by atoms with van der Waals surface area (Å²) in [5.74, 6) is 0.690. The van der Waals surface area contributed by atoms with Crippen molar-refractivity contribution in [1.29, 1.82) is 0 Å². The van der Waals surface area contributed by atoms with Crippen molar-refractivity contribution in [3.63, 3.8) is 0 Å². The maximum atomic E-state index is 11.4. The normalized spacial score (nSPS) is 13.8. The van der Waals surface area contributed by atoms with Crippen LogP contribution in [-0.2, 0) is 23.0 Å². The number of hydrogen-bond donors (Lipinski definition) is 1. The summed E-state index contributed by atoms with van der Waals surface area (Å²) in [6.07, 6.45) is 16.9. The molecule has 0 amide bonds. The molecule has 0 aliphatic heterocycles. The van der Waals surface area contributed by atoms with E-state index in [1.165, 1.54) is 95.1 Å². The van der Waals surface area contributed by atoms with E-state index in [1.807, 2.05) is 6.07 Å². The Hall–Kier alpha value is -1.07. The summed E-state index contributed by atoms with van der Waals surface area (Å²) in [5, 5.41) is -0.961. The largest absolute Gasteiger partial charge is 0.489 e. The van der Waals surface area contributed by atoms with Gasteiger partial charge in [0.25, 0.3) is 10.1 Å². The van der Waals surface area contributed by atoms with Crippen molar-refractivity contribution in [1.82, 2.24) is 0 Å². The van der Waals surface area contributed by atoms with Gasteiger partial charge in [-0.25, -0.2) is 0 Å². The molecule has 0 fully saturated rings. The molecular weight excluding hydrogens is 408 g/mol. The van der Waals surface area contributed by atoms with E-state index < -0.39 is 21.5 Å². The van der Waals surface area contributed by atoms with Crippen molar-refractivity contribution >= 4 is 10.1 Å². The Balaban J connectivity index is 2.73. The zero-order valence-electron chi connectivity index (χ0n) is 20.4. The first-order chi connectivity index (χ1) is 14.8. The molecule has 1 aromatic rings. The van der Waals surface area contributed by atoms with Crippen molar-refractivity contribution < 1.29 is 17.7 Å². The minimum atomic E-state index is -4.11. The predicted octanol–water partition coefficient (Wildman–Crippen LogP) is 7.54. The number of unbranched alkanes of at least 4 members (excludes halogenated alkanes) is 10. The Morgan fingerprint density at radius 2 is 1.26 bits per heavy atom. The molecule has 0 saturated carbocycles. The van der Waals surface area contributed by atoms with Crippen LogP contribution in [0.2, 0.25) is 0 Å². The minimum absolute atomic E-state index is 0.610. The summed E-state index contributed by atoms with van der Waals surface area (Å²) < 4.78 is 38.0. The summed E-state index contributed by atoms with van der Waals surface area (Å²) in [6.45, 7) is 7.65. The van der Waals surface area contributed by atoms with Gasteiger partial charge in [0.2, 0.25) is 0 Å². The third kappa shape index (κ3) is 11.9. The van der Waals surface area contributed by atoms with Gasteiger partial charge in [0.05, 0.1) is 0 Å². The van der Waals surface area contributed by atoms with E-state index in [0.29, 0.717) is 5.75 Å². The average molecular weight is 455 g/mol. The molecule has 180 valence electrons. The quantitative estimate of drug-likeness (QED) is 0.184. The average Bonchev–Trinajstić information content (AvgIpc) is 2.73. The summed E-state index contributed by atoms with van der Waals surface area (Å²) >= 11 is 0. The first kappa shape index (κ1) is 28.0. The van der Waals surface area contributed by atoms with Gasteiger partial charge in [0.15, 0.2) is 0 Å². The van der Waals surface area contributed by atoms with Gasteiger partial charge in [-0.2, -0.15) is 8.42 Å². The molecule has 4 nitrogen and oxygen atoms in total. The molecule has 0 aliphatic carbocycles. The van der Waals surface area contributed by atoms with E-state index in [4.69, 9.17) is 4.74 Å². The third-order valence-corrected chi connectivity index (χ3v) is 7.55. The summed E-state index contributed by atoms with van der Waals surface area (Å²) in [6, 6.07) is 6.19. The Labute approximate surface area is 191 Å². The van der Waals surface area contributed by atoms with Crippen LogP contribution in [0.3, 0.4) is 0 Å². The van der Waals surface area contributed by atoms with Crippen LogP contribution in [-0.4, -0.2) is 24.3 Å². The van der Waals surface area contributed by atoms with Crippen LogP contribution < -0.4 is 4.74 Å². The van der Waals surface area contributed by atoms with Crippen molar-refractivity contribution in [2.45, 2.75) is 129 Å². The molecule has 0 bridgehead atoms. The highest BCUT2D eigenvalue weighted by molar-refractivity contribution is 7.86. The highest BCUT2D eigenvalue weighted by Crippen LogP contribution is 2.24. The molecule has 31 heavy (non-hydrogen) atoms. The molecule has 1 N–H and O–H groups in total. The van der Waals surface area contributed by atoms with Gasteiger partial charge < -0.3 is 4.74 Å². The molecule has 0 heterocycles. The standard InChI is InChI=1S/C26H46O4S/c1-5-7-9-11-13-15-17-24-19-20-26(30-22(3)23(4)31(27,28)29)21-25(24)18-16-14-12-10-8-6-2/h19-23H,5-18H2,1-4H3,(H,27,28,29). The van der Waals surface area contributed by atoms with Gasteiger partial charge in [-0.15, -0.1) is 0 Å². The predicted molar refractivity (Wildman–Crippen MR) is 132 cm³/mol. The smallest absolute Gasteiger partial charge is 0.271 e. The molecule has 0 radical (unpaired) electrons. The molecule has 1 aromatic carbocycles. The van der Waals surface area contributed by atoms with Crippen molar-refractivity contribution in [3.05, 3.63) is 29.3 Å². The number of rotatable bonds is 18. The fourth-order valence-electron chi connectivity index (χ4n) is 3.90. The monoisotopic (exact) mass is 454 g/mol. The van der Waals surface area contributed by atoms with E-state index >= 15 is 0 Å². The van der Waals surface area contributed by atoms with Crippen molar-refractivity contribution in [2.24, 2.45) is 0 Å². The van der Waals surface area contributed by atoms with Crippen LogP contribution in [0.15, 0.2) is 18.2 Å². The van der Waals surface area contributed by atoms with Crippen LogP contribution in [0.1, 0.15) is 116 Å². The maximum Gasteiger partial charge on any atom is 0.271 e. The van der Waals surface area contributed by atoms with Crippen LogP contribution in [0.4, 0.5) is 0 Å². The highest BCUT2D eigenvalue weighted by Gasteiger charge is 2.26. The second kappa shape index (κ2) is 15.7. The second-order valence-electron chi connectivity index (χ2n) is 9.01. The highest BCUT2D eigenvalue weighted by atomic mass is 32.2. The number of ether oxygens (including phenoxy) is 1. The first-order valence-corrected chi connectivity index (χ1v) is 14.0. The van der Waals surface area contributed by atoms with Gasteiger partial charge >= 0.3 is 0 Å². The number of hydrogen-bond acceptors (Lipinski definition) is 3. The minimum Gasteiger partial charge on any atom is -0.489 e. The topological polar surface area (TPSA) is 63.6 Å². The summed E-state index contributed by atoms with van der Waals surface area (Å²) in [7, 11) is -4.11. The Morgan fingerprint density at radius 3 is 1.77 bits per heavy atom. The summed E-state index contributed by atoms with van der Waals surface area (Å²) in [5.41, 5.74) is 2.72. The third-order valence-electron chi connectivity index (χ3n) is 6.23. The lowest BCUT2D eigenvalue weighted by atomic mass is 9.96. The van der Waals surface area contributed by atoms with Crippen LogP contribution in [0, 0.1) is 0 Å². The molecule has 0 saturated heterocycles. The van der Waals surface area contributed by atoms with Crippen LogP contribution >= 0.6 is 0 Å². The SMILES string of the molecule is CCCCCCCCc1ccc(OC(C)C(C)S(=O)(=O)O)cc1CCCCCCCC. The molecule has 0 aliphatic rings. The lowest BCUT2D eigenvalue weighted by molar-refractivity contribution is 0.214. The zero-order valence-corrected chi connectivity index (χ0v) is 21.2. The molecule has 5 heteroatoms. The molecular formula is C26H46O4S. The molecule has 0 aromatic heterocycles. The van der Waals surface area contributed by atoms with Crippen molar-refractivity contribution in [3.8, 4) is 5.75 Å². The van der Waals surface area contributed by atoms with Gasteiger partial charge in [-0.1, -0.05) is 84.1 Å². The van der Waals surface area contributed by atoms with Crippen molar-refractivity contribution in [2.75, 3.05) is 0 Å². The van der Waals surface area contributed by atoms with E-state index in [-0.39, 0.29) is 0 Å². The maximum absolute atomic E-state index is 11.4. The van der Waals surface area contributed by atoms with Gasteiger partial charge in [-0.3, -0.25) is 4.55 Å². The summed E-state index contributed by atoms with van der Waals surface area (Å²) in [4.78, 5) is 0. The molecule has 1 rings (SSSR count). The van der Waals surface area contributed by atoms with Crippen LogP contribution in [0.5, 0.6) is 5.75 Å². The van der Waals surface area contributed by atoms with Gasteiger partial charge in [0.1, 0.15) is 17.1 Å². The molecule has 2 unspecified atom stereocenters. The second-order valence-corrected chi connectivity index (χ2v) is 10.8. The fraction of sp³-hybridized carbons (Fsp3) is 0.769. The number of benzene rings is 1. The van der Waals surface area contributed by atoms with E-state index in [1.54, 1.807) is 6.92 Å². The Morgan fingerprint density at radius 1 is 0.774 bits per heavy atom. The lowest BCUT2D eigenvalue weighted by Crippen LogP contribution is -2.33. The van der Waals surface area contributed by atoms with Gasteiger partial charge in [-0.05, 0) is 62.8 Å². The van der Waals surface area contributed by atoms with E-state index in [9.17, 15) is 13.0 Å². The first-order valence-electron chi connectivity index (χ1n) is 12.5. The number of aryl methyl sites for hydroxylation is 2. The Bertz CT molecular complexity index is 699. The Kier molecular flexibility index (Phi) is 14.1. The lowest BCUT2D eigenvalue weighted by Gasteiger charge is -2.20. The van der Waals surface area contributed by atoms with E-state index in [2.05, 4.69) is 26.0 Å². The van der Waals surface area contributed by atoms with Crippen LogP contribution in [0.25, 0.3) is 0 Å². The van der Waals surface area contributed by atoms with E-state index in [0.717, 1.165) is 12.8 Å². The van der Waals surface area contributed by atoms with Gasteiger partial charge in [0, 0.05) is 0 Å². The fourth-order valence-corrected chi connectivity index (χ4v) is 4.44. The molecule has 2 atom stereocenters. The zero-order chi connectivity index (χ0) is 23.1. The molecule has 0 spiro atoms.